The molecule has 0 radical (unpaired) electrons. The molecule has 0 unspecified atom stereocenters. The van der Waals surface area contributed by atoms with Crippen molar-refractivity contribution in [2.75, 3.05) is 23.9 Å². The smallest absolute Gasteiger partial charge is 0.226 e. The number of nitrogens with zero attached hydrogens (tertiary/aromatic N) is 1. The number of benzene rings is 2. The second kappa shape index (κ2) is 8.53. The number of carbonyl (C=O) groups is 2. The lowest BCUT2D eigenvalue weighted by Gasteiger charge is -2.21. The fourth-order valence-corrected chi connectivity index (χ4v) is 2.57. The lowest BCUT2D eigenvalue weighted by Crippen LogP contribution is -2.32. The van der Waals surface area contributed by atoms with E-state index in [9.17, 15) is 9.59 Å². The van der Waals surface area contributed by atoms with Gasteiger partial charge in [0.05, 0.1) is 7.11 Å². The average molecular weight is 361 g/mol. The van der Waals surface area contributed by atoms with Gasteiger partial charge in [-0.25, -0.2) is 0 Å². The molecule has 5 nitrogen and oxygen atoms in total. The number of hydrogen-bond acceptors (Lipinski definition) is 3. The summed E-state index contributed by atoms with van der Waals surface area (Å²) in [5, 5.41) is 3.39. The molecule has 2 aromatic rings. The standard InChI is InChI=1S/C19H21ClN2O3/c1-13-7-8-15(20)11-18(13)21-19(24)9-10-22(14(2)23)16-5-4-6-17(12-16)25-3/h4-8,11-12H,9-10H2,1-3H3,(H,21,24). The normalized spacial score (nSPS) is 10.2. The second-order valence-electron chi connectivity index (χ2n) is 5.63. The van der Waals surface area contributed by atoms with Gasteiger partial charge in [0.1, 0.15) is 5.75 Å². The lowest BCUT2D eigenvalue weighted by molar-refractivity contribution is -0.117. The van der Waals surface area contributed by atoms with Gasteiger partial charge in [-0.3, -0.25) is 9.59 Å². The van der Waals surface area contributed by atoms with Crippen molar-refractivity contribution in [1.29, 1.82) is 0 Å². The van der Waals surface area contributed by atoms with E-state index < -0.39 is 0 Å². The summed E-state index contributed by atoms with van der Waals surface area (Å²) >= 11 is 5.96. The minimum atomic E-state index is -0.181. The van der Waals surface area contributed by atoms with E-state index in [1.165, 1.54) is 6.92 Å². The van der Waals surface area contributed by atoms with Crippen molar-refractivity contribution in [3.05, 3.63) is 53.1 Å². The van der Waals surface area contributed by atoms with Crippen LogP contribution in [0.25, 0.3) is 0 Å². The fraction of sp³-hybridized carbons (Fsp3) is 0.263. The first-order valence-corrected chi connectivity index (χ1v) is 8.26. The van der Waals surface area contributed by atoms with E-state index in [1.807, 2.05) is 19.1 Å². The maximum Gasteiger partial charge on any atom is 0.226 e. The summed E-state index contributed by atoms with van der Waals surface area (Å²) < 4.78 is 5.18. The number of methoxy groups -OCH3 is 1. The lowest BCUT2D eigenvalue weighted by atomic mass is 10.2. The third-order valence-corrected chi connectivity index (χ3v) is 4.02. The molecule has 6 heteroatoms. The van der Waals surface area contributed by atoms with Gasteiger partial charge < -0.3 is 15.0 Å². The molecule has 0 heterocycles. The Kier molecular flexibility index (Phi) is 6.42. The molecular weight excluding hydrogens is 340 g/mol. The highest BCUT2D eigenvalue weighted by Crippen LogP contribution is 2.22. The largest absolute Gasteiger partial charge is 0.497 e. The number of hydrogen-bond donors (Lipinski definition) is 1. The van der Waals surface area contributed by atoms with Gasteiger partial charge in [-0.1, -0.05) is 23.7 Å². The Morgan fingerprint density at radius 1 is 1.20 bits per heavy atom. The van der Waals surface area contributed by atoms with Gasteiger partial charge in [-0.2, -0.15) is 0 Å². The zero-order valence-electron chi connectivity index (χ0n) is 14.5. The van der Waals surface area contributed by atoms with Crippen molar-refractivity contribution in [1.82, 2.24) is 0 Å². The van der Waals surface area contributed by atoms with E-state index >= 15 is 0 Å². The number of anilines is 2. The van der Waals surface area contributed by atoms with Gasteiger partial charge in [-0.05, 0) is 36.8 Å². The Morgan fingerprint density at radius 2 is 1.96 bits per heavy atom. The van der Waals surface area contributed by atoms with Crippen molar-refractivity contribution in [3.63, 3.8) is 0 Å². The third kappa shape index (κ3) is 5.22. The molecule has 0 saturated carbocycles. The Bertz CT molecular complexity index is 777. The molecule has 0 atom stereocenters. The van der Waals surface area contributed by atoms with Crippen molar-refractivity contribution in [2.45, 2.75) is 20.3 Å². The first kappa shape index (κ1) is 18.8. The van der Waals surface area contributed by atoms with Crippen LogP contribution in [0, 0.1) is 6.92 Å². The zero-order valence-corrected chi connectivity index (χ0v) is 15.3. The highest BCUT2D eigenvalue weighted by Gasteiger charge is 2.14. The molecule has 0 aliphatic rings. The van der Waals surface area contributed by atoms with Gasteiger partial charge in [0.2, 0.25) is 11.8 Å². The Balaban J connectivity index is 2.04. The number of carbonyl (C=O) groups excluding carboxylic acids is 2. The van der Waals surface area contributed by atoms with Crippen LogP contribution in [0.3, 0.4) is 0 Å². The molecule has 0 saturated heterocycles. The van der Waals surface area contributed by atoms with Gasteiger partial charge in [-0.15, -0.1) is 0 Å². The zero-order chi connectivity index (χ0) is 18.4. The van der Waals surface area contributed by atoms with Gasteiger partial charge >= 0.3 is 0 Å². The quantitative estimate of drug-likeness (QED) is 0.845. The van der Waals surface area contributed by atoms with Crippen LogP contribution in [-0.2, 0) is 9.59 Å². The molecule has 2 rings (SSSR count). The van der Waals surface area contributed by atoms with Crippen molar-refractivity contribution >= 4 is 34.8 Å². The molecule has 0 bridgehead atoms. The summed E-state index contributed by atoms with van der Waals surface area (Å²) in [5.41, 5.74) is 2.29. The molecule has 25 heavy (non-hydrogen) atoms. The van der Waals surface area contributed by atoms with Crippen molar-refractivity contribution in [2.24, 2.45) is 0 Å². The molecular formula is C19H21ClN2O3. The van der Waals surface area contributed by atoms with Crippen LogP contribution in [-0.4, -0.2) is 25.5 Å². The van der Waals surface area contributed by atoms with Crippen LogP contribution in [0.1, 0.15) is 18.9 Å². The molecule has 1 N–H and O–H groups in total. The van der Waals surface area contributed by atoms with Crippen molar-refractivity contribution in [3.8, 4) is 5.75 Å². The molecule has 132 valence electrons. The molecule has 2 amide bonds. The number of ether oxygens (including phenoxy) is 1. The van der Waals surface area contributed by atoms with E-state index in [4.69, 9.17) is 16.3 Å². The Hall–Kier alpha value is -2.53. The molecule has 0 aliphatic carbocycles. The number of amides is 2. The molecule has 0 spiro atoms. The van der Waals surface area contributed by atoms with Gasteiger partial charge in [0.25, 0.3) is 0 Å². The van der Waals surface area contributed by atoms with Crippen LogP contribution >= 0.6 is 11.6 Å². The number of halogens is 1. The third-order valence-electron chi connectivity index (χ3n) is 3.78. The number of nitrogens with one attached hydrogen (secondary N) is 1. The summed E-state index contributed by atoms with van der Waals surface area (Å²) in [7, 11) is 1.57. The predicted octanol–water partition coefficient (Wildman–Crippen LogP) is 4.04. The first-order valence-electron chi connectivity index (χ1n) is 7.89. The summed E-state index contributed by atoms with van der Waals surface area (Å²) in [5.74, 6) is 0.335. The number of rotatable bonds is 6. The molecule has 2 aromatic carbocycles. The maximum atomic E-state index is 12.2. The molecule has 0 aromatic heterocycles. The average Bonchev–Trinajstić information content (AvgIpc) is 2.58. The molecule has 0 fully saturated rings. The van der Waals surface area contributed by atoms with E-state index in [2.05, 4.69) is 5.32 Å². The first-order chi connectivity index (χ1) is 11.9. The van der Waals surface area contributed by atoms with Gasteiger partial charge in [0, 0.05) is 42.4 Å². The highest BCUT2D eigenvalue weighted by atomic mass is 35.5. The van der Waals surface area contributed by atoms with Crippen LogP contribution in [0.5, 0.6) is 5.75 Å². The SMILES string of the molecule is COc1cccc(N(CCC(=O)Nc2cc(Cl)ccc2C)C(C)=O)c1. The van der Waals surface area contributed by atoms with Crippen LogP contribution in [0.15, 0.2) is 42.5 Å². The molecule has 0 aliphatic heterocycles. The Morgan fingerprint density at radius 3 is 2.64 bits per heavy atom. The predicted molar refractivity (Wildman–Crippen MR) is 100 cm³/mol. The summed E-state index contributed by atoms with van der Waals surface area (Å²) in [6.45, 7) is 3.64. The van der Waals surface area contributed by atoms with Crippen LogP contribution in [0.4, 0.5) is 11.4 Å². The second-order valence-corrected chi connectivity index (χ2v) is 6.07. The number of aryl methyl sites for hydroxylation is 1. The summed E-state index contributed by atoms with van der Waals surface area (Å²) in [6, 6.07) is 12.5. The summed E-state index contributed by atoms with van der Waals surface area (Å²) in [4.78, 5) is 25.7. The van der Waals surface area contributed by atoms with Crippen LogP contribution < -0.4 is 15.0 Å². The van der Waals surface area contributed by atoms with E-state index in [0.717, 1.165) is 5.56 Å². The maximum absolute atomic E-state index is 12.2. The van der Waals surface area contributed by atoms with Crippen LogP contribution in [0.2, 0.25) is 5.02 Å². The minimum Gasteiger partial charge on any atom is -0.497 e. The minimum absolute atomic E-state index is 0.139. The van der Waals surface area contributed by atoms with Crippen molar-refractivity contribution < 1.29 is 14.3 Å². The van der Waals surface area contributed by atoms with Gasteiger partial charge in [0.15, 0.2) is 0 Å². The topological polar surface area (TPSA) is 58.6 Å². The highest BCUT2D eigenvalue weighted by molar-refractivity contribution is 6.31. The summed E-state index contributed by atoms with van der Waals surface area (Å²) in [6.07, 6.45) is 0.169. The van der Waals surface area contributed by atoms with E-state index in [-0.39, 0.29) is 24.8 Å². The monoisotopic (exact) mass is 360 g/mol. The Labute approximate surface area is 152 Å². The van der Waals surface area contributed by atoms with E-state index in [1.54, 1.807) is 42.3 Å². The van der Waals surface area contributed by atoms with E-state index in [0.29, 0.717) is 22.1 Å². The fourth-order valence-electron chi connectivity index (χ4n) is 2.40.